The van der Waals surface area contributed by atoms with Crippen molar-refractivity contribution < 1.29 is 19.4 Å². The zero-order valence-corrected chi connectivity index (χ0v) is 19.0. The van der Waals surface area contributed by atoms with Crippen molar-refractivity contribution in [3.8, 4) is 5.75 Å². The number of carbonyl (C=O) groups is 2. The molecule has 1 aliphatic heterocycles. The summed E-state index contributed by atoms with van der Waals surface area (Å²) in [7, 11) is 0. The van der Waals surface area contributed by atoms with Crippen LogP contribution in [0.1, 0.15) is 54.8 Å². The Morgan fingerprint density at radius 3 is 2.50 bits per heavy atom. The standard InChI is InChI=1S/C24H29NO4S/c1-6-10-25-20(23-15(4)9-11-30-23)19(22(27)24(25)28)21(26)17-7-8-18(16(5)12-17)29-13-14(2)3/h7-9,11-12,14,20,26H,6,10,13H2,1-5H3/b21-19-. The van der Waals surface area contributed by atoms with E-state index in [9.17, 15) is 14.7 Å². The predicted octanol–water partition coefficient (Wildman–Crippen LogP) is 5.23. The maximum atomic E-state index is 12.9. The number of nitrogens with zero attached hydrogens (tertiary/aromatic N) is 1. The molecule has 0 radical (unpaired) electrons. The Balaban J connectivity index is 2.07. The number of hydrogen-bond donors (Lipinski definition) is 1. The first kappa shape index (κ1) is 22.1. The molecule has 1 saturated heterocycles. The number of carbonyl (C=O) groups excluding carboxylic acids is 2. The van der Waals surface area contributed by atoms with E-state index in [2.05, 4.69) is 13.8 Å². The molecule has 5 nitrogen and oxygen atoms in total. The highest BCUT2D eigenvalue weighted by Gasteiger charge is 2.46. The van der Waals surface area contributed by atoms with Gasteiger partial charge >= 0.3 is 0 Å². The molecule has 3 rings (SSSR count). The van der Waals surface area contributed by atoms with E-state index >= 15 is 0 Å². The molecule has 2 heterocycles. The Morgan fingerprint density at radius 2 is 1.93 bits per heavy atom. The Hall–Kier alpha value is -2.60. The quantitative estimate of drug-likeness (QED) is 0.373. The van der Waals surface area contributed by atoms with Gasteiger partial charge in [-0.3, -0.25) is 9.59 Å². The molecular formula is C24H29NO4S. The largest absolute Gasteiger partial charge is 0.507 e. The fraction of sp³-hybridized carbons (Fsp3) is 0.417. The summed E-state index contributed by atoms with van der Waals surface area (Å²) in [6, 6.07) is 6.76. The van der Waals surface area contributed by atoms with Crippen LogP contribution in [0, 0.1) is 19.8 Å². The van der Waals surface area contributed by atoms with E-state index in [0.29, 0.717) is 24.6 Å². The van der Waals surface area contributed by atoms with Crippen LogP contribution in [0.5, 0.6) is 5.75 Å². The smallest absolute Gasteiger partial charge is 0.295 e. The number of rotatable bonds is 7. The molecule has 1 unspecified atom stereocenters. The Morgan fingerprint density at radius 1 is 1.20 bits per heavy atom. The SMILES string of the molecule is CCCN1C(=O)C(=O)/C(=C(\O)c2ccc(OCC(C)C)c(C)c2)C1c1sccc1C. The van der Waals surface area contributed by atoms with Crippen molar-refractivity contribution >= 4 is 28.8 Å². The van der Waals surface area contributed by atoms with E-state index in [1.807, 2.05) is 32.2 Å². The highest BCUT2D eigenvalue weighted by molar-refractivity contribution is 7.10. The third-order valence-electron chi connectivity index (χ3n) is 5.18. The van der Waals surface area contributed by atoms with Crippen LogP contribution in [-0.4, -0.2) is 34.8 Å². The highest BCUT2D eigenvalue weighted by Crippen LogP contribution is 2.42. The summed E-state index contributed by atoms with van der Waals surface area (Å²) in [5.74, 6) is -0.164. The molecule has 1 aromatic carbocycles. The lowest BCUT2D eigenvalue weighted by molar-refractivity contribution is -0.139. The second kappa shape index (κ2) is 9.04. The molecule has 0 aliphatic carbocycles. The topological polar surface area (TPSA) is 66.8 Å². The van der Waals surface area contributed by atoms with Gasteiger partial charge in [-0.1, -0.05) is 20.8 Å². The lowest BCUT2D eigenvalue weighted by Crippen LogP contribution is -2.30. The maximum Gasteiger partial charge on any atom is 0.295 e. The summed E-state index contributed by atoms with van der Waals surface area (Å²) in [6.45, 7) is 11.1. The summed E-state index contributed by atoms with van der Waals surface area (Å²) in [5, 5.41) is 13.1. The molecule has 1 amide bonds. The minimum absolute atomic E-state index is 0.136. The first-order valence-corrected chi connectivity index (χ1v) is 11.2. The zero-order chi connectivity index (χ0) is 22.0. The molecule has 1 atom stereocenters. The van der Waals surface area contributed by atoms with E-state index in [1.54, 1.807) is 23.1 Å². The molecule has 160 valence electrons. The monoisotopic (exact) mass is 427 g/mol. The van der Waals surface area contributed by atoms with Crippen LogP contribution in [0.25, 0.3) is 5.76 Å². The zero-order valence-electron chi connectivity index (χ0n) is 18.2. The van der Waals surface area contributed by atoms with E-state index < -0.39 is 17.7 Å². The first-order valence-electron chi connectivity index (χ1n) is 10.3. The van der Waals surface area contributed by atoms with Gasteiger partial charge in [0.2, 0.25) is 0 Å². The fourth-order valence-electron chi connectivity index (χ4n) is 3.66. The van der Waals surface area contributed by atoms with Gasteiger partial charge in [-0.2, -0.15) is 0 Å². The van der Waals surface area contributed by atoms with Crippen molar-refractivity contribution in [3.63, 3.8) is 0 Å². The molecule has 1 aromatic heterocycles. The number of Topliss-reactive ketones (excluding diaryl/α,β-unsaturated/α-hetero) is 1. The Kier molecular flexibility index (Phi) is 6.66. The Labute approximate surface area is 182 Å². The summed E-state index contributed by atoms with van der Waals surface area (Å²) < 4.78 is 5.82. The normalized spacial score (nSPS) is 18.5. The van der Waals surface area contributed by atoms with Gasteiger partial charge in [0.1, 0.15) is 11.5 Å². The molecule has 0 saturated carbocycles. The number of ketones is 1. The summed E-state index contributed by atoms with van der Waals surface area (Å²) in [6.07, 6.45) is 0.731. The van der Waals surface area contributed by atoms with Crippen LogP contribution in [0.3, 0.4) is 0 Å². The van der Waals surface area contributed by atoms with Gasteiger partial charge < -0.3 is 14.7 Å². The third kappa shape index (κ3) is 4.15. The molecule has 0 spiro atoms. The minimum atomic E-state index is -0.628. The summed E-state index contributed by atoms with van der Waals surface area (Å²) in [4.78, 5) is 28.2. The number of aliphatic hydroxyl groups is 1. The van der Waals surface area contributed by atoms with Crippen molar-refractivity contribution in [2.75, 3.05) is 13.2 Å². The first-order chi connectivity index (χ1) is 14.3. The number of thiophene rings is 1. The molecule has 6 heteroatoms. The van der Waals surface area contributed by atoms with Gasteiger partial charge in [-0.05, 0) is 67.0 Å². The van der Waals surface area contributed by atoms with Crippen molar-refractivity contribution in [1.82, 2.24) is 4.90 Å². The number of ether oxygens (including phenoxy) is 1. The second-order valence-electron chi connectivity index (χ2n) is 8.15. The number of aryl methyl sites for hydroxylation is 2. The molecule has 0 bridgehead atoms. The predicted molar refractivity (Wildman–Crippen MR) is 120 cm³/mol. The average Bonchev–Trinajstić information content (AvgIpc) is 3.22. The van der Waals surface area contributed by atoms with Crippen molar-refractivity contribution in [2.45, 2.75) is 47.1 Å². The molecular weight excluding hydrogens is 398 g/mol. The van der Waals surface area contributed by atoms with E-state index in [1.165, 1.54) is 11.3 Å². The molecule has 1 fully saturated rings. The lowest BCUT2D eigenvalue weighted by Gasteiger charge is -2.24. The molecule has 2 aromatic rings. The van der Waals surface area contributed by atoms with Gasteiger partial charge in [0.25, 0.3) is 11.7 Å². The van der Waals surface area contributed by atoms with Crippen LogP contribution in [0.15, 0.2) is 35.2 Å². The third-order valence-corrected chi connectivity index (χ3v) is 6.25. The van der Waals surface area contributed by atoms with Gasteiger partial charge in [-0.15, -0.1) is 11.3 Å². The van der Waals surface area contributed by atoms with Crippen LogP contribution in [0.4, 0.5) is 0 Å². The second-order valence-corrected chi connectivity index (χ2v) is 9.09. The minimum Gasteiger partial charge on any atom is -0.507 e. The highest BCUT2D eigenvalue weighted by atomic mass is 32.1. The molecule has 1 N–H and O–H groups in total. The summed E-state index contributed by atoms with van der Waals surface area (Å²) >= 11 is 1.50. The van der Waals surface area contributed by atoms with Crippen molar-refractivity contribution in [3.05, 3.63) is 56.8 Å². The van der Waals surface area contributed by atoms with Crippen LogP contribution >= 0.6 is 11.3 Å². The number of likely N-dealkylation sites (tertiary alicyclic amines) is 1. The fourth-order valence-corrected chi connectivity index (χ4v) is 4.71. The number of aliphatic hydroxyl groups excluding tert-OH is 1. The Bertz CT molecular complexity index is 989. The number of hydrogen-bond acceptors (Lipinski definition) is 5. The average molecular weight is 428 g/mol. The molecule has 1 aliphatic rings. The van der Waals surface area contributed by atoms with Crippen LogP contribution in [0.2, 0.25) is 0 Å². The van der Waals surface area contributed by atoms with Gasteiger partial charge in [0, 0.05) is 17.0 Å². The number of benzene rings is 1. The van der Waals surface area contributed by atoms with Crippen molar-refractivity contribution in [1.29, 1.82) is 0 Å². The van der Waals surface area contributed by atoms with Gasteiger partial charge in [-0.25, -0.2) is 0 Å². The van der Waals surface area contributed by atoms with Crippen molar-refractivity contribution in [2.24, 2.45) is 5.92 Å². The van der Waals surface area contributed by atoms with E-state index in [0.717, 1.165) is 28.2 Å². The van der Waals surface area contributed by atoms with Gasteiger partial charge in [0.15, 0.2) is 0 Å². The van der Waals surface area contributed by atoms with Crippen LogP contribution in [-0.2, 0) is 9.59 Å². The maximum absolute atomic E-state index is 12.9. The van der Waals surface area contributed by atoms with Crippen LogP contribution < -0.4 is 4.74 Å². The van der Waals surface area contributed by atoms with E-state index in [4.69, 9.17) is 4.74 Å². The van der Waals surface area contributed by atoms with Gasteiger partial charge in [0.05, 0.1) is 18.2 Å². The number of amides is 1. The molecule has 30 heavy (non-hydrogen) atoms. The van der Waals surface area contributed by atoms with E-state index in [-0.39, 0.29) is 11.3 Å². The lowest BCUT2D eigenvalue weighted by atomic mass is 9.97. The summed E-state index contributed by atoms with van der Waals surface area (Å²) in [5.41, 5.74) is 2.55.